The second-order valence-electron chi connectivity index (χ2n) is 7.89. The predicted molar refractivity (Wildman–Crippen MR) is 125 cm³/mol. The lowest BCUT2D eigenvalue weighted by Gasteiger charge is -2.37. The third-order valence-corrected chi connectivity index (χ3v) is 6.82. The molecule has 1 saturated heterocycles. The van der Waals surface area contributed by atoms with Crippen molar-refractivity contribution in [1.82, 2.24) is 4.90 Å². The second kappa shape index (κ2) is 9.28. The number of hydrogen-bond acceptors (Lipinski definition) is 4. The summed E-state index contributed by atoms with van der Waals surface area (Å²) >= 11 is 3.74. The van der Waals surface area contributed by atoms with E-state index in [4.69, 9.17) is 9.47 Å². The van der Waals surface area contributed by atoms with E-state index in [1.54, 1.807) is 14.2 Å². The fraction of sp³-hybridized carbons (Fsp3) is 0.320. The molecule has 0 amide bonds. The first-order valence-corrected chi connectivity index (χ1v) is 11.2. The number of rotatable bonds is 6. The lowest BCUT2D eigenvalue weighted by atomic mass is 9.90. The van der Waals surface area contributed by atoms with E-state index in [1.807, 2.05) is 24.3 Å². The van der Waals surface area contributed by atoms with Gasteiger partial charge in [-0.3, -0.25) is 9.69 Å². The summed E-state index contributed by atoms with van der Waals surface area (Å²) in [5.41, 5.74) is 2.24. The lowest BCUT2D eigenvalue weighted by molar-refractivity contribution is -0.143. The fourth-order valence-corrected chi connectivity index (χ4v) is 4.99. The number of likely N-dealkylation sites (tertiary alicyclic amines) is 1. The van der Waals surface area contributed by atoms with Crippen molar-refractivity contribution in [1.29, 1.82) is 0 Å². The van der Waals surface area contributed by atoms with Gasteiger partial charge in [0, 0.05) is 4.47 Å². The molecule has 0 radical (unpaired) electrons. The zero-order chi connectivity index (χ0) is 22.0. The van der Waals surface area contributed by atoms with Crippen molar-refractivity contribution in [3.05, 3.63) is 70.2 Å². The molecule has 0 spiro atoms. The van der Waals surface area contributed by atoms with E-state index >= 15 is 0 Å². The number of carbonyl (C=O) groups is 1. The molecule has 162 valence electrons. The summed E-state index contributed by atoms with van der Waals surface area (Å²) in [5, 5.41) is 11.8. The molecule has 3 aromatic carbocycles. The largest absolute Gasteiger partial charge is 0.493 e. The Morgan fingerprint density at radius 3 is 2.29 bits per heavy atom. The predicted octanol–water partition coefficient (Wildman–Crippen LogP) is 5.51. The van der Waals surface area contributed by atoms with Gasteiger partial charge < -0.3 is 14.6 Å². The molecule has 1 N–H and O–H groups in total. The molecule has 0 bridgehead atoms. The van der Waals surface area contributed by atoms with E-state index in [0.717, 1.165) is 23.1 Å². The van der Waals surface area contributed by atoms with Crippen LogP contribution in [0.4, 0.5) is 0 Å². The highest BCUT2D eigenvalue weighted by Gasteiger charge is 2.32. The van der Waals surface area contributed by atoms with E-state index in [1.165, 1.54) is 16.3 Å². The van der Waals surface area contributed by atoms with Crippen molar-refractivity contribution in [3.63, 3.8) is 0 Å². The monoisotopic (exact) mass is 483 g/mol. The number of piperidine rings is 1. The standard InChI is InChI=1S/C25H26BrNO4/c1-30-22-14-20(21(26)15-23(22)31-2)24(27-11-9-17(10-12-27)25(28)29)19-8-7-16-5-3-4-6-18(16)13-19/h3-8,13-15,17,24H,9-12H2,1-2H3,(H,28,29). The smallest absolute Gasteiger partial charge is 0.306 e. The summed E-state index contributed by atoms with van der Waals surface area (Å²) in [6.07, 6.45) is 1.29. The molecule has 3 aromatic rings. The number of ether oxygens (including phenoxy) is 2. The quantitative estimate of drug-likeness (QED) is 0.501. The average Bonchev–Trinajstić information content (AvgIpc) is 2.80. The molecule has 1 heterocycles. The molecular formula is C25H26BrNO4. The minimum atomic E-state index is -0.700. The van der Waals surface area contributed by atoms with E-state index in [-0.39, 0.29) is 12.0 Å². The second-order valence-corrected chi connectivity index (χ2v) is 8.74. The third-order valence-electron chi connectivity index (χ3n) is 6.13. The highest BCUT2D eigenvalue weighted by molar-refractivity contribution is 9.10. The molecule has 1 unspecified atom stereocenters. The molecule has 0 saturated carbocycles. The Hall–Kier alpha value is -2.57. The topological polar surface area (TPSA) is 59.0 Å². The van der Waals surface area contributed by atoms with E-state index in [9.17, 15) is 9.90 Å². The van der Waals surface area contributed by atoms with Crippen LogP contribution in [0.3, 0.4) is 0 Å². The normalized spacial score (nSPS) is 16.2. The van der Waals surface area contributed by atoms with Gasteiger partial charge in [-0.2, -0.15) is 0 Å². The van der Waals surface area contributed by atoms with E-state index in [2.05, 4.69) is 51.2 Å². The molecular weight excluding hydrogens is 458 g/mol. The number of aliphatic carboxylic acids is 1. The van der Waals surface area contributed by atoms with Crippen LogP contribution in [0.5, 0.6) is 11.5 Å². The average molecular weight is 484 g/mol. The first-order chi connectivity index (χ1) is 15.0. The SMILES string of the molecule is COc1cc(Br)c(C(c2ccc3ccccc3c2)N2CCC(C(=O)O)CC2)cc1OC. The van der Waals surface area contributed by atoms with Crippen LogP contribution in [0.15, 0.2) is 59.1 Å². The van der Waals surface area contributed by atoms with Gasteiger partial charge in [-0.05, 0) is 66.0 Å². The first-order valence-electron chi connectivity index (χ1n) is 10.4. The molecule has 1 aliphatic heterocycles. The first kappa shape index (κ1) is 21.7. The van der Waals surface area contributed by atoms with Gasteiger partial charge in [0.1, 0.15) is 0 Å². The molecule has 1 aliphatic rings. The minimum absolute atomic E-state index is 0.0338. The molecule has 0 aromatic heterocycles. The third kappa shape index (κ3) is 4.41. The highest BCUT2D eigenvalue weighted by Crippen LogP contribution is 2.42. The molecule has 1 atom stereocenters. The molecule has 4 rings (SSSR count). The van der Waals surface area contributed by atoms with Gasteiger partial charge in [-0.25, -0.2) is 0 Å². The zero-order valence-corrected chi connectivity index (χ0v) is 19.3. The summed E-state index contributed by atoms with van der Waals surface area (Å²) in [5.74, 6) is 0.364. The maximum Gasteiger partial charge on any atom is 0.306 e. The highest BCUT2D eigenvalue weighted by atomic mass is 79.9. The maximum atomic E-state index is 11.5. The Bertz CT molecular complexity index is 1090. The zero-order valence-electron chi connectivity index (χ0n) is 17.7. The Morgan fingerprint density at radius 1 is 1.00 bits per heavy atom. The van der Waals surface area contributed by atoms with Crippen LogP contribution in [0.1, 0.15) is 30.0 Å². The van der Waals surface area contributed by atoms with Gasteiger partial charge in [0.05, 0.1) is 26.2 Å². The van der Waals surface area contributed by atoms with Crippen LogP contribution in [0.2, 0.25) is 0 Å². The van der Waals surface area contributed by atoms with Gasteiger partial charge in [0.2, 0.25) is 0 Å². The summed E-state index contributed by atoms with van der Waals surface area (Å²) in [4.78, 5) is 13.8. The summed E-state index contributed by atoms with van der Waals surface area (Å²) in [6, 6.07) is 18.8. The molecule has 1 fully saturated rings. The summed E-state index contributed by atoms with van der Waals surface area (Å²) in [6.45, 7) is 1.44. The van der Waals surface area contributed by atoms with Crippen molar-refractivity contribution in [3.8, 4) is 11.5 Å². The molecule has 31 heavy (non-hydrogen) atoms. The van der Waals surface area contributed by atoms with Crippen LogP contribution in [0, 0.1) is 5.92 Å². The summed E-state index contributed by atoms with van der Waals surface area (Å²) < 4.78 is 12.0. The van der Waals surface area contributed by atoms with Crippen molar-refractivity contribution >= 4 is 32.7 Å². The Morgan fingerprint density at radius 2 is 1.65 bits per heavy atom. The summed E-state index contributed by atoms with van der Waals surface area (Å²) in [7, 11) is 3.26. The van der Waals surface area contributed by atoms with Gasteiger partial charge in [0.25, 0.3) is 0 Å². The van der Waals surface area contributed by atoms with E-state index in [0.29, 0.717) is 24.3 Å². The van der Waals surface area contributed by atoms with Crippen molar-refractivity contribution < 1.29 is 19.4 Å². The molecule has 6 heteroatoms. The van der Waals surface area contributed by atoms with Gasteiger partial charge in [-0.15, -0.1) is 0 Å². The number of carboxylic acid groups (broad SMARTS) is 1. The van der Waals surface area contributed by atoms with E-state index < -0.39 is 5.97 Å². The van der Waals surface area contributed by atoms with Gasteiger partial charge in [0.15, 0.2) is 11.5 Å². The van der Waals surface area contributed by atoms with Crippen LogP contribution < -0.4 is 9.47 Å². The van der Waals surface area contributed by atoms with Gasteiger partial charge >= 0.3 is 5.97 Å². The Balaban J connectivity index is 1.80. The maximum absolute atomic E-state index is 11.5. The van der Waals surface area contributed by atoms with Crippen molar-refractivity contribution in [2.75, 3.05) is 27.3 Å². The lowest BCUT2D eigenvalue weighted by Crippen LogP contribution is -2.39. The van der Waals surface area contributed by atoms with Crippen LogP contribution in [-0.4, -0.2) is 43.3 Å². The van der Waals surface area contributed by atoms with Crippen LogP contribution in [0.25, 0.3) is 10.8 Å². The number of carboxylic acids is 1. The number of hydrogen-bond donors (Lipinski definition) is 1. The minimum Gasteiger partial charge on any atom is -0.493 e. The number of benzene rings is 3. The number of halogens is 1. The van der Waals surface area contributed by atoms with Gasteiger partial charge in [-0.1, -0.05) is 52.3 Å². The Kier molecular flexibility index (Phi) is 6.49. The fourth-order valence-electron chi connectivity index (χ4n) is 4.45. The number of fused-ring (bicyclic) bond motifs is 1. The van der Waals surface area contributed by atoms with Crippen LogP contribution in [-0.2, 0) is 4.79 Å². The van der Waals surface area contributed by atoms with Crippen molar-refractivity contribution in [2.45, 2.75) is 18.9 Å². The van der Waals surface area contributed by atoms with Crippen LogP contribution >= 0.6 is 15.9 Å². The number of methoxy groups -OCH3 is 2. The molecule has 0 aliphatic carbocycles. The Labute approximate surface area is 190 Å². The molecule has 5 nitrogen and oxygen atoms in total. The van der Waals surface area contributed by atoms with Crippen molar-refractivity contribution in [2.24, 2.45) is 5.92 Å². The number of nitrogens with zero attached hydrogens (tertiary/aromatic N) is 1.